The molecule has 0 saturated carbocycles. The maximum atomic E-state index is 13.8. The van der Waals surface area contributed by atoms with Gasteiger partial charge in [-0.3, -0.25) is 10.1 Å². The number of nitrogens with zero attached hydrogens (tertiary/aromatic N) is 1. The normalized spacial score (nSPS) is 11.2. The van der Waals surface area contributed by atoms with Gasteiger partial charge in [-0.15, -0.1) is 0 Å². The molecule has 0 saturated heterocycles. The van der Waals surface area contributed by atoms with Gasteiger partial charge in [-0.1, -0.05) is 13.5 Å². The second-order valence-corrected chi connectivity index (χ2v) is 6.38. The van der Waals surface area contributed by atoms with E-state index in [1.807, 2.05) is 0 Å². The van der Waals surface area contributed by atoms with Crippen molar-refractivity contribution in [1.29, 1.82) is 0 Å². The van der Waals surface area contributed by atoms with Crippen LogP contribution in [0, 0.1) is 15.9 Å². The summed E-state index contributed by atoms with van der Waals surface area (Å²) >= 11 is 0. The Morgan fingerprint density at radius 2 is 2.15 bits per heavy atom. The molecule has 110 valence electrons. The zero-order valence-corrected chi connectivity index (χ0v) is 12.0. The minimum Gasteiger partial charge on any atom is -0.485 e. The molecule has 0 aliphatic rings. The number of nitro groups is 1. The predicted octanol–water partition coefficient (Wildman–Crippen LogP) is 3.01. The van der Waals surface area contributed by atoms with Gasteiger partial charge in [-0.2, -0.15) is 0 Å². The molecular weight excluding hydrogens is 313 g/mol. The van der Waals surface area contributed by atoms with E-state index in [0.29, 0.717) is 24.1 Å². The monoisotopic (exact) mass is 323 g/mol. The lowest BCUT2D eigenvalue weighted by Gasteiger charge is -2.11. The molecule has 1 aromatic carbocycles. The van der Waals surface area contributed by atoms with Crippen molar-refractivity contribution in [2.75, 3.05) is 6.61 Å². The fraction of sp³-hybridized carbons (Fsp3) is 0.273. The smallest absolute Gasteiger partial charge is 0.273 e. The summed E-state index contributed by atoms with van der Waals surface area (Å²) in [6.07, 6.45) is 0.553. The quantitative estimate of drug-likeness (QED) is 0.347. The Morgan fingerprint density at radius 3 is 2.60 bits per heavy atom. The van der Waals surface area contributed by atoms with Crippen molar-refractivity contribution in [2.45, 2.75) is 18.2 Å². The lowest BCUT2D eigenvalue weighted by Crippen LogP contribution is -2.06. The molecule has 0 radical (unpaired) electrons. The van der Waals surface area contributed by atoms with Gasteiger partial charge in [-0.25, -0.2) is 12.8 Å². The van der Waals surface area contributed by atoms with Crippen LogP contribution >= 0.6 is 10.7 Å². The summed E-state index contributed by atoms with van der Waals surface area (Å²) in [5, 5.41) is 10.6. The average molecular weight is 324 g/mol. The van der Waals surface area contributed by atoms with Crippen LogP contribution in [0.1, 0.15) is 13.3 Å². The van der Waals surface area contributed by atoms with Crippen molar-refractivity contribution >= 4 is 25.4 Å². The third kappa shape index (κ3) is 3.91. The zero-order chi connectivity index (χ0) is 15.5. The number of nitro benzene ring substituents is 1. The predicted molar refractivity (Wildman–Crippen MR) is 71.0 cm³/mol. The SMILES string of the molecule is C=C(CC)COc1c(F)cc([N+](=O)[O-])cc1S(=O)(=O)Cl. The molecule has 0 fully saturated rings. The summed E-state index contributed by atoms with van der Waals surface area (Å²) in [4.78, 5) is 8.89. The highest BCUT2D eigenvalue weighted by Crippen LogP contribution is 2.34. The van der Waals surface area contributed by atoms with Gasteiger partial charge in [0.25, 0.3) is 14.7 Å². The molecule has 0 unspecified atom stereocenters. The summed E-state index contributed by atoms with van der Waals surface area (Å²) in [6.45, 7) is 5.29. The molecule has 0 N–H and O–H groups in total. The van der Waals surface area contributed by atoms with Gasteiger partial charge in [0, 0.05) is 16.7 Å². The molecule has 0 aromatic heterocycles. The van der Waals surface area contributed by atoms with Crippen molar-refractivity contribution in [3.63, 3.8) is 0 Å². The van der Waals surface area contributed by atoms with Gasteiger partial charge in [-0.05, 0) is 12.0 Å². The summed E-state index contributed by atoms with van der Waals surface area (Å²) in [5.74, 6) is -1.83. The van der Waals surface area contributed by atoms with Gasteiger partial charge in [0.1, 0.15) is 11.5 Å². The van der Waals surface area contributed by atoms with E-state index in [9.17, 15) is 22.9 Å². The average Bonchev–Trinajstić information content (AvgIpc) is 2.34. The highest BCUT2D eigenvalue weighted by atomic mass is 35.7. The molecule has 9 heteroatoms. The third-order valence-corrected chi connectivity index (χ3v) is 3.72. The summed E-state index contributed by atoms with van der Waals surface area (Å²) < 4.78 is 41.5. The van der Waals surface area contributed by atoms with Crippen LogP contribution < -0.4 is 4.74 Å². The number of benzene rings is 1. The van der Waals surface area contributed by atoms with Crippen molar-refractivity contribution in [3.05, 3.63) is 40.2 Å². The minimum atomic E-state index is -4.39. The number of ether oxygens (including phenoxy) is 1. The molecule has 0 atom stereocenters. The fourth-order valence-electron chi connectivity index (χ4n) is 1.26. The molecule has 0 amide bonds. The lowest BCUT2D eigenvalue weighted by atomic mass is 10.2. The van der Waals surface area contributed by atoms with Gasteiger partial charge in [0.05, 0.1) is 11.0 Å². The van der Waals surface area contributed by atoms with E-state index in [1.54, 1.807) is 6.92 Å². The van der Waals surface area contributed by atoms with Gasteiger partial charge in [0.15, 0.2) is 11.6 Å². The number of hydrogen-bond donors (Lipinski definition) is 0. The largest absolute Gasteiger partial charge is 0.485 e. The highest BCUT2D eigenvalue weighted by molar-refractivity contribution is 8.13. The number of halogens is 2. The summed E-state index contributed by atoms with van der Waals surface area (Å²) in [7, 11) is 0.749. The molecular formula is C11H11ClFNO5S. The molecule has 6 nitrogen and oxygen atoms in total. The van der Waals surface area contributed by atoms with Crippen molar-refractivity contribution < 1.29 is 22.5 Å². The maximum Gasteiger partial charge on any atom is 0.273 e. The Hall–Kier alpha value is -1.67. The Kier molecular flexibility index (Phi) is 5.07. The number of non-ortho nitro benzene ring substituents is 1. The van der Waals surface area contributed by atoms with Crippen LogP contribution in [0.3, 0.4) is 0 Å². The maximum absolute atomic E-state index is 13.8. The molecule has 1 rings (SSSR count). The molecule has 0 aliphatic heterocycles. The Balaban J connectivity index is 3.35. The van der Waals surface area contributed by atoms with E-state index in [2.05, 4.69) is 6.58 Å². The second kappa shape index (κ2) is 6.19. The molecule has 1 aromatic rings. The molecule has 0 aliphatic carbocycles. The Morgan fingerprint density at radius 1 is 1.55 bits per heavy atom. The number of rotatable bonds is 6. The van der Waals surface area contributed by atoms with Crippen LogP contribution in [0.5, 0.6) is 5.75 Å². The van der Waals surface area contributed by atoms with Crippen LogP contribution in [0.15, 0.2) is 29.2 Å². The molecule has 20 heavy (non-hydrogen) atoms. The highest BCUT2D eigenvalue weighted by Gasteiger charge is 2.25. The van der Waals surface area contributed by atoms with Crippen molar-refractivity contribution in [3.8, 4) is 5.75 Å². The van der Waals surface area contributed by atoms with E-state index in [-0.39, 0.29) is 6.61 Å². The topological polar surface area (TPSA) is 86.5 Å². The lowest BCUT2D eigenvalue weighted by molar-refractivity contribution is -0.385. The number of hydrogen-bond acceptors (Lipinski definition) is 5. The summed E-state index contributed by atoms with van der Waals surface area (Å²) in [6, 6.07) is 1.21. The van der Waals surface area contributed by atoms with Gasteiger partial charge >= 0.3 is 0 Å². The Bertz CT molecular complexity index is 659. The first-order chi connectivity index (χ1) is 9.16. The first kappa shape index (κ1) is 16.4. The van der Waals surface area contributed by atoms with Crippen LogP contribution in [0.25, 0.3) is 0 Å². The van der Waals surface area contributed by atoms with E-state index in [0.717, 1.165) is 0 Å². The molecule has 0 spiro atoms. The van der Waals surface area contributed by atoms with Crippen LogP contribution in [0.4, 0.5) is 10.1 Å². The van der Waals surface area contributed by atoms with Crippen LogP contribution in [-0.2, 0) is 9.05 Å². The fourth-order valence-corrected chi connectivity index (χ4v) is 2.24. The minimum absolute atomic E-state index is 0.120. The van der Waals surface area contributed by atoms with E-state index >= 15 is 0 Å². The second-order valence-electron chi connectivity index (χ2n) is 3.84. The van der Waals surface area contributed by atoms with Crippen molar-refractivity contribution in [2.24, 2.45) is 0 Å². The molecule has 0 bridgehead atoms. The van der Waals surface area contributed by atoms with Crippen LogP contribution in [-0.4, -0.2) is 19.9 Å². The van der Waals surface area contributed by atoms with Gasteiger partial charge in [0.2, 0.25) is 0 Å². The van der Waals surface area contributed by atoms with E-state index < -0.39 is 36.1 Å². The first-order valence-electron chi connectivity index (χ1n) is 5.38. The van der Waals surface area contributed by atoms with Gasteiger partial charge < -0.3 is 4.74 Å². The standard InChI is InChI=1S/C11H11ClFNO5S/c1-3-7(2)6-19-11-9(13)4-8(14(15)16)5-10(11)20(12,17)18/h4-5H,2-3,6H2,1H3. The van der Waals surface area contributed by atoms with Crippen LogP contribution in [0.2, 0.25) is 0 Å². The summed E-state index contributed by atoms with van der Waals surface area (Å²) in [5.41, 5.74) is -0.135. The zero-order valence-electron chi connectivity index (χ0n) is 10.4. The van der Waals surface area contributed by atoms with E-state index in [1.165, 1.54) is 0 Å². The van der Waals surface area contributed by atoms with E-state index in [4.69, 9.17) is 15.4 Å². The molecule has 0 heterocycles. The third-order valence-electron chi connectivity index (χ3n) is 2.39. The van der Waals surface area contributed by atoms with Crippen molar-refractivity contribution in [1.82, 2.24) is 0 Å². The first-order valence-corrected chi connectivity index (χ1v) is 7.69. The Labute approximate surface area is 119 Å².